The van der Waals surface area contributed by atoms with Crippen LogP contribution in [-0.4, -0.2) is 4.57 Å². The summed E-state index contributed by atoms with van der Waals surface area (Å²) in [5, 5.41) is 5.09. The topological polar surface area (TPSA) is 34.0 Å². The molecule has 0 saturated heterocycles. The molecule has 0 radical (unpaired) electrons. The molecule has 1 N–H and O–H groups in total. The third-order valence-corrected chi connectivity index (χ3v) is 3.90. The lowest BCUT2D eigenvalue weighted by molar-refractivity contribution is 0.743. The number of aromatic nitrogens is 1. The molecule has 0 atom stereocenters. The second-order valence-electron chi connectivity index (χ2n) is 5.23. The predicted molar refractivity (Wildman–Crippen MR) is 82.0 cm³/mol. The first-order valence-electron chi connectivity index (χ1n) is 6.71. The third kappa shape index (κ3) is 1.50. The van der Waals surface area contributed by atoms with Crippen LogP contribution in [0.3, 0.4) is 0 Å². The van der Waals surface area contributed by atoms with Crippen molar-refractivity contribution in [1.29, 1.82) is 0 Å². The summed E-state index contributed by atoms with van der Waals surface area (Å²) in [6.45, 7) is 2.53. The molecule has 0 amide bonds. The van der Waals surface area contributed by atoms with Crippen LogP contribution in [0, 0.1) is 6.92 Å². The standard InChI is InChI=1S/C17H14N2O/c1-11-6-7-12-9-16-13-4-2-3-5-15(13)18-10-19(16)17(20)14(12)8-11/h2-9,18H,10H2,1H3. The Bertz CT molecular complexity index is 893. The van der Waals surface area contributed by atoms with Gasteiger partial charge in [-0.3, -0.25) is 9.36 Å². The van der Waals surface area contributed by atoms with E-state index in [9.17, 15) is 4.79 Å². The highest BCUT2D eigenvalue weighted by Gasteiger charge is 2.17. The highest BCUT2D eigenvalue weighted by molar-refractivity contribution is 5.89. The molecule has 2 heterocycles. The first-order chi connectivity index (χ1) is 9.74. The van der Waals surface area contributed by atoms with Crippen LogP contribution in [0.15, 0.2) is 53.3 Å². The lowest BCUT2D eigenvalue weighted by Gasteiger charge is -2.23. The Morgan fingerprint density at radius 1 is 1.10 bits per heavy atom. The zero-order chi connectivity index (χ0) is 13.7. The molecule has 98 valence electrons. The second-order valence-corrected chi connectivity index (χ2v) is 5.23. The number of para-hydroxylation sites is 1. The van der Waals surface area contributed by atoms with Crippen LogP contribution < -0.4 is 10.9 Å². The van der Waals surface area contributed by atoms with Crippen LogP contribution in [0.5, 0.6) is 0 Å². The molecule has 0 saturated carbocycles. The van der Waals surface area contributed by atoms with Crippen molar-refractivity contribution in [2.75, 3.05) is 5.32 Å². The summed E-state index contributed by atoms with van der Waals surface area (Å²) in [5.74, 6) is 0. The van der Waals surface area contributed by atoms with Crippen LogP contribution in [0.4, 0.5) is 5.69 Å². The lowest BCUT2D eigenvalue weighted by Crippen LogP contribution is -2.28. The minimum absolute atomic E-state index is 0.0724. The largest absolute Gasteiger partial charge is 0.367 e. The first-order valence-corrected chi connectivity index (χ1v) is 6.71. The summed E-state index contributed by atoms with van der Waals surface area (Å²) in [5.41, 5.74) is 4.33. The molecule has 0 aliphatic carbocycles. The number of pyridine rings is 1. The Kier molecular flexibility index (Phi) is 2.24. The van der Waals surface area contributed by atoms with E-state index < -0.39 is 0 Å². The number of hydrogen-bond acceptors (Lipinski definition) is 2. The molecule has 1 aliphatic rings. The van der Waals surface area contributed by atoms with Gasteiger partial charge in [-0.1, -0.05) is 35.9 Å². The van der Waals surface area contributed by atoms with E-state index >= 15 is 0 Å². The van der Waals surface area contributed by atoms with E-state index in [4.69, 9.17) is 0 Å². The van der Waals surface area contributed by atoms with Crippen LogP contribution in [0.2, 0.25) is 0 Å². The number of fused-ring (bicyclic) bond motifs is 4. The molecule has 2 aromatic carbocycles. The van der Waals surface area contributed by atoms with Crippen molar-refractivity contribution in [3.63, 3.8) is 0 Å². The smallest absolute Gasteiger partial charge is 0.260 e. The molecule has 1 aromatic heterocycles. The van der Waals surface area contributed by atoms with Gasteiger partial charge in [0.25, 0.3) is 5.56 Å². The Morgan fingerprint density at radius 3 is 2.85 bits per heavy atom. The maximum atomic E-state index is 12.7. The highest BCUT2D eigenvalue weighted by Crippen LogP contribution is 2.32. The number of hydrogen-bond donors (Lipinski definition) is 1. The third-order valence-electron chi connectivity index (χ3n) is 3.90. The summed E-state index contributed by atoms with van der Waals surface area (Å²) in [7, 11) is 0. The van der Waals surface area contributed by atoms with Gasteiger partial charge in [0.15, 0.2) is 0 Å². The Labute approximate surface area is 116 Å². The maximum absolute atomic E-state index is 12.7. The van der Waals surface area contributed by atoms with Gasteiger partial charge < -0.3 is 5.32 Å². The summed E-state index contributed by atoms with van der Waals surface area (Å²) in [4.78, 5) is 12.7. The molecule has 0 unspecified atom stereocenters. The van der Waals surface area contributed by atoms with Crippen LogP contribution in [0.25, 0.3) is 22.0 Å². The van der Waals surface area contributed by atoms with Crippen LogP contribution in [0.1, 0.15) is 5.56 Å². The average molecular weight is 262 g/mol. The first kappa shape index (κ1) is 11.3. The molecule has 3 nitrogen and oxygen atoms in total. The Hall–Kier alpha value is -2.55. The van der Waals surface area contributed by atoms with Crippen molar-refractivity contribution in [3.05, 3.63) is 64.4 Å². The van der Waals surface area contributed by atoms with Crippen molar-refractivity contribution >= 4 is 16.5 Å². The van der Waals surface area contributed by atoms with E-state index in [1.807, 2.05) is 54.0 Å². The van der Waals surface area contributed by atoms with Gasteiger partial charge in [0.05, 0.1) is 12.4 Å². The summed E-state index contributed by atoms with van der Waals surface area (Å²) in [6, 6.07) is 16.2. The zero-order valence-electron chi connectivity index (χ0n) is 11.2. The second kappa shape index (κ2) is 3.97. The number of benzene rings is 2. The van der Waals surface area contributed by atoms with Crippen LogP contribution in [-0.2, 0) is 6.67 Å². The fourth-order valence-electron chi connectivity index (χ4n) is 2.87. The number of anilines is 1. The minimum atomic E-state index is 0.0724. The van der Waals surface area contributed by atoms with Crippen molar-refractivity contribution < 1.29 is 0 Å². The SMILES string of the molecule is Cc1ccc2cc3n(c(=O)c2c1)CNc1ccccc1-3. The van der Waals surface area contributed by atoms with Gasteiger partial charge in [0, 0.05) is 16.6 Å². The van der Waals surface area contributed by atoms with E-state index in [1.165, 1.54) is 0 Å². The van der Waals surface area contributed by atoms with Crippen molar-refractivity contribution in [2.24, 2.45) is 0 Å². The number of aryl methyl sites for hydroxylation is 1. The fourth-order valence-corrected chi connectivity index (χ4v) is 2.87. The van der Waals surface area contributed by atoms with E-state index in [0.29, 0.717) is 6.67 Å². The van der Waals surface area contributed by atoms with E-state index in [1.54, 1.807) is 0 Å². The summed E-state index contributed by atoms with van der Waals surface area (Å²) in [6.07, 6.45) is 0. The average Bonchev–Trinajstić information content (AvgIpc) is 2.48. The Morgan fingerprint density at radius 2 is 1.95 bits per heavy atom. The molecule has 20 heavy (non-hydrogen) atoms. The van der Waals surface area contributed by atoms with Gasteiger partial charge in [0.2, 0.25) is 0 Å². The predicted octanol–water partition coefficient (Wildman–Crippen LogP) is 3.36. The zero-order valence-corrected chi connectivity index (χ0v) is 11.2. The normalized spacial score (nSPS) is 12.7. The van der Waals surface area contributed by atoms with Gasteiger partial charge in [-0.05, 0) is 30.5 Å². The molecule has 0 bridgehead atoms. The van der Waals surface area contributed by atoms with Gasteiger partial charge in [-0.2, -0.15) is 0 Å². The van der Waals surface area contributed by atoms with Crippen molar-refractivity contribution in [2.45, 2.75) is 13.6 Å². The summed E-state index contributed by atoms with van der Waals surface area (Å²) < 4.78 is 1.81. The molecule has 3 heteroatoms. The molecule has 3 aromatic rings. The number of nitrogens with one attached hydrogen (secondary N) is 1. The minimum Gasteiger partial charge on any atom is -0.367 e. The van der Waals surface area contributed by atoms with Gasteiger partial charge >= 0.3 is 0 Å². The quantitative estimate of drug-likeness (QED) is 0.674. The monoisotopic (exact) mass is 262 g/mol. The number of rotatable bonds is 0. The van der Waals surface area contributed by atoms with E-state index in [0.717, 1.165) is 33.3 Å². The molecule has 0 fully saturated rings. The van der Waals surface area contributed by atoms with Crippen LogP contribution >= 0.6 is 0 Å². The van der Waals surface area contributed by atoms with Gasteiger partial charge in [0.1, 0.15) is 0 Å². The van der Waals surface area contributed by atoms with Gasteiger partial charge in [-0.15, -0.1) is 0 Å². The fraction of sp³-hybridized carbons (Fsp3) is 0.118. The lowest BCUT2D eigenvalue weighted by atomic mass is 10.0. The van der Waals surface area contributed by atoms with E-state index in [2.05, 4.69) is 11.4 Å². The van der Waals surface area contributed by atoms with Crippen molar-refractivity contribution in [1.82, 2.24) is 4.57 Å². The van der Waals surface area contributed by atoms with E-state index in [-0.39, 0.29) is 5.56 Å². The molecular weight excluding hydrogens is 248 g/mol. The maximum Gasteiger partial charge on any atom is 0.260 e. The summed E-state index contributed by atoms with van der Waals surface area (Å²) >= 11 is 0. The van der Waals surface area contributed by atoms with Gasteiger partial charge in [-0.25, -0.2) is 0 Å². The molecule has 1 aliphatic heterocycles. The highest BCUT2D eigenvalue weighted by atomic mass is 16.1. The number of nitrogens with zero attached hydrogens (tertiary/aromatic N) is 1. The molecule has 0 spiro atoms. The molecule has 4 rings (SSSR count). The molecular formula is C17H14N2O. The Balaban J connectivity index is 2.12. The van der Waals surface area contributed by atoms with Crippen molar-refractivity contribution in [3.8, 4) is 11.3 Å².